The number of halogens is 3. The molecule has 1 atom stereocenters. The predicted molar refractivity (Wildman–Crippen MR) is 136 cm³/mol. The lowest BCUT2D eigenvalue weighted by Crippen LogP contribution is -2.54. The van der Waals surface area contributed by atoms with E-state index in [1.807, 2.05) is 0 Å². The zero-order chi connectivity index (χ0) is 27.7. The molecule has 1 saturated carbocycles. The molecule has 1 aliphatic heterocycles. The minimum Gasteiger partial charge on any atom is -0.481 e. The summed E-state index contributed by atoms with van der Waals surface area (Å²) in [6, 6.07) is 6.92. The van der Waals surface area contributed by atoms with Crippen molar-refractivity contribution in [3.05, 3.63) is 53.1 Å². The highest BCUT2D eigenvalue weighted by atomic mass is 19.2. The molecule has 0 spiro atoms. The average molecular weight is 546 g/mol. The third kappa shape index (κ3) is 5.65. The third-order valence-corrected chi connectivity index (χ3v) is 7.57. The van der Waals surface area contributed by atoms with Crippen molar-refractivity contribution in [3.8, 4) is 0 Å². The summed E-state index contributed by atoms with van der Waals surface area (Å²) in [4.78, 5) is 30.2. The largest absolute Gasteiger partial charge is 0.481 e. The van der Waals surface area contributed by atoms with Gasteiger partial charge in [0.25, 0.3) is 6.01 Å². The van der Waals surface area contributed by atoms with Gasteiger partial charge in [-0.25, -0.2) is 13.7 Å². The number of ether oxygens (including phenoxy) is 1. The van der Waals surface area contributed by atoms with Crippen LogP contribution >= 0.6 is 0 Å². The summed E-state index contributed by atoms with van der Waals surface area (Å²) >= 11 is 0. The number of oxazole rings is 1. The number of benzene rings is 2. The highest BCUT2D eigenvalue weighted by Gasteiger charge is 2.49. The Morgan fingerprint density at radius 3 is 2.56 bits per heavy atom. The normalized spacial score (nSPS) is 21.6. The molecule has 0 amide bonds. The van der Waals surface area contributed by atoms with Crippen LogP contribution in [0.4, 0.5) is 24.9 Å². The monoisotopic (exact) mass is 545 g/mol. The molecular formula is C28H30F3N3O5. The highest BCUT2D eigenvalue weighted by molar-refractivity contribution is 5.88. The summed E-state index contributed by atoms with van der Waals surface area (Å²) in [5.74, 6) is -6.39. The average Bonchev–Trinajstić information content (AvgIpc) is 3.59. The number of rotatable bonds is 9. The number of alkyl halides is 1. The Morgan fingerprint density at radius 2 is 1.87 bits per heavy atom. The van der Waals surface area contributed by atoms with Crippen LogP contribution in [-0.2, 0) is 20.7 Å². The number of nitrogens with zero attached hydrogens (tertiary/aromatic N) is 2. The molecule has 1 aromatic heterocycles. The van der Waals surface area contributed by atoms with Crippen molar-refractivity contribution >= 4 is 34.6 Å². The number of aliphatic carboxylic acids is 1. The third-order valence-electron chi connectivity index (χ3n) is 7.57. The molecule has 8 nitrogen and oxygen atoms in total. The minimum atomic E-state index is -2.75. The Bertz CT molecular complexity index is 1380. The van der Waals surface area contributed by atoms with Crippen molar-refractivity contribution in [2.45, 2.75) is 64.0 Å². The van der Waals surface area contributed by atoms with Crippen molar-refractivity contribution in [3.63, 3.8) is 0 Å². The first-order chi connectivity index (χ1) is 18.6. The zero-order valence-electron chi connectivity index (χ0n) is 21.5. The molecule has 5 rings (SSSR count). The molecular weight excluding hydrogens is 515 g/mol. The first-order valence-corrected chi connectivity index (χ1v) is 13.1. The maximum Gasteiger partial charge on any atom is 0.330 e. The number of carbonyl (C=O) groups is 2. The van der Waals surface area contributed by atoms with Gasteiger partial charge in [0.1, 0.15) is 11.3 Å². The van der Waals surface area contributed by atoms with Gasteiger partial charge >= 0.3 is 11.9 Å². The number of nitrogens with one attached hydrogen (secondary N) is 1. The standard InChI is InChI=1S/C28H30F3N3O5/c1-16-4-8-19(29)15-22(16)33-27-32-21-11-7-18(24(30)25(21)38-27)14-23(35)28(31,34-12-2-3-13-34)39-20-9-5-17(6-10-20)26(36)37/h4,7-8,11,15,17,20H,2-3,5-6,9-10,12-14H2,1H3,(H,32,33)(H,36,37)/t17-,20-,28?. The van der Waals surface area contributed by atoms with Crippen LogP contribution in [0.25, 0.3) is 11.1 Å². The Hall–Kier alpha value is -3.44. The van der Waals surface area contributed by atoms with Gasteiger partial charge in [0.15, 0.2) is 11.4 Å². The second-order valence-electron chi connectivity index (χ2n) is 10.3. The van der Waals surface area contributed by atoms with E-state index in [2.05, 4.69) is 10.3 Å². The summed E-state index contributed by atoms with van der Waals surface area (Å²) in [5, 5.41) is 12.1. The number of ketones is 1. The van der Waals surface area contributed by atoms with Gasteiger partial charge in [-0.15, -0.1) is 0 Å². The lowest BCUT2D eigenvalue weighted by molar-refractivity contribution is -0.252. The number of anilines is 2. The van der Waals surface area contributed by atoms with Crippen LogP contribution in [-0.4, -0.2) is 51.9 Å². The number of aromatic nitrogens is 1. The van der Waals surface area contributed by atoms with Gasteiger partial charge in [-0.3, -0.25) is 9.59 Å². The van der Waals surface area contributed by atoms with E-state index in [4.69, 9.17) is 9.15 Å². The molecule has 39 heavy (non-hydrogen) atoms. The quantitative estimate of drug-likeness (QED) is 0.333. The van der Waals surface area contributed by atoms with Gasteiger partial charge < -0.3 is 19.6 Å². The summed E-state index contributed by atoms with van der Waals surface area (Å²) in [6.07, 6.45) is 1.53. The topological polar surface area (TPSA) is 105 Å². The maximum atomic E-state index is 16.4. The molecule has 2 aromatic carbocycles. The number of carboxylic acid groups (broad SMARTS) is 1. The van der Waals surface area contributed by atoms with Crippen LogP contribution in [0, 0.1) is 24.5 Å². The van der Waals surface area contributed by atoms with E-state index in [1.54, 1.807) is 13.0 Å². The number of carboxylic acids is 1. The number of likely N-dealkylation sites (tertiary alicyclic amines) is 1. The van der Waals surface area contributed by atoms with Gasteiger partial charge in [0.05, 0.1) is 12.0 Å². The lowest BCUT2D eigenvalue weighted by atomic mass is 9.87. The minimum absolute atomic E-state index is 0.0571. The van der Waals surface area contributed by atoms with Crippen LogP contribution in [0.15, 0.2) is 34.7 Å². The Labute approximate surface area is 223 Å². The number of hydrogen-bond donors (Lipinski definition) is 2. The highest BCUT2D eigenvalue weighted by Crippen LogP contribution is 2.35. The maximum absolute atomic E-state index is 16.4. The number of Topliss-reactive ketones (excluding diaryl/α,β-unsaturated/α-hetero) is 1. The first kappa shape index (κ1) is 27.1. The van der Waals surface area contributed by atoms with Crippen molar-refractivity contribution in [1.82, 2.24) is 9.88 Å². The second-order valence-corrected chi connectivity index (χ2v) is 10.3. The van der Waals surface area contributed by atoms with Crippen LogP contribution in [0.2, 0.25) is 0 Å². The molecule has 2 aliphatic rings. The summed E-state index contributed by atoms with van der Waals surface area (Å²) in [6.45, 7) is 2.41. The van der Waals surface area contributed by atoms with E-state index in [9.17, 15) is 19.1 Å². The molecule has 3 aromatic rings. The van der Waals surface area contributed by atoms with Gasteiger partial charge in [0, 0.05) is 25.2 Å². The molecule has 1 aliphatic carbocycles. The predicted octanol–water partition coefficient (Wildman–Crippen LogP) is 5.65. The Balaban J connectivity index is 1.35. The molecule has 0 bridgehead atoms. The molecule has 1 unspecified atom stereocenters. The van der Waals surface area contributed by atoms with E-state index in [-0.39, 0.29) is 22.7 Å². The number of aryl methyl sites for hydroxylation is 1. The first-order valence-electron chi connectivity index (χ1n) is 13.1. The van der Waals surface area contributed by atoms with Gasteiger partial charge in [-0.05, 0) is 74.8 Å². The molecule has 0 radical (unpaired) electrons. The van der Waals surface area contributed by atoms with E-state index in [1.165, 1.54) is 29.2 Å². The summed E-state index contributed by atoms with van der Waals surface area (Å²) in [5.41, 5.74) is 1.02. The zero-order valence-corrected chi connectivity index (χ0v) is 21.5. The number of hydrogen-bond acceptors (Lipinski definition) is 7. The molecule has 2 N–H and O–H groups in total. The van der Waals surface area contributed by atoms with Crippen LogP contribution in [0.3, 0.4) is 0 Å². The fraction of sp³-hybridized carbons (Fsp3) is 0.464. The van der Waals surface area contributed by atoms with Crippen molar-refractivity contribution in [2.75, 3.05) is 18.4 Å². The van der Waals surface area contributed by atoms with E-state index < -0.39 is 47.8 Å². The SMILES string of the molecule is Cc1ccc(F)cc1Nc1nc2ccc(CC(=O)C(F)(O[C@H]3CC[C@H](C(=O)O)CC3)N3CCCC3)c(F)c2o1. The molecule has 2 heterocycles. The fourth-order valence-corrected chi connectivity index (χ4v) is 5.29. The van der Waals surface area contributed by atoms with Crippen LogP contribution in [0.5, 0.6) is 0 Å². The molecule has 208 valence electrons. The molecule has 2 fully saturated rings. The van der Waals surface area contributed by atoms with Crippen LogP contribution < -0.4 is 5.32 Å². The van der Waals surface area contributed by atoms with Crippen molar-refractivity contribution in [2.24, 2.45) is 5.92 Å². The lowest BCUT2D eigenvalue weighted by Gasteiger charge is -2.37. The summed E-state index contributed by atoms with van der Waals surface area (Å²) < 4.78 is 56.8. The Kier molecular flexibility index (Phi) is 7.64. The smallest absolute Gasteiger partial charge is 0.330 e. The van der Waals surface area contributed by atoms with Gasteiger partial charge in [-0.1, -0.05) is 12.1 Å². The van der Waals surface area contributed by atoms with Crippen molar-refractivity contribution < 1.29 is 37.0 Å². The number of fused-ring (bicyclic) bond motifs is 1. The number of carbonyl (C=O) groups excluding carboxylic acids is 1. The second kappa shape index (κ2) is 11.0. The van der Waals surface area contributed by atoms with E-state index >= 15 is 8.78 Å². The van der Waals surface area contributed by atoms with E-state index in [0.29, 0.717) is 57.3 Å². The molecule has 1 saturated heterocycles. The van der Waals surface area contributed by atoms with Crippen molar-refractivity contribution in [1.29, 1.82) is 0 Å². The van der Waals surface area contributed by atoms with Gasteiger partial charge in [0.2, 0.25) is 5.78 Å². The van der Waals surface area contributed by atoms with Crippen LogP contribution in [0.1, 0.15) is 49.7 Å². The molecule has 11 heteroatoms. The fourth-order valence-electron chi connectivity index (χ4n) is 5.29. The summed E-state index contributed by atoms with van der Waals surface area (Å²) in [7, 11) is 0. The Morgan fingerprint density at radius 1 is 1.15 bits per heavy atom. The van der Waals surface area contributed by atoms with E-state index in [0.717, 1.165) is 5.56 Å². The van der Waals surface area contributed by atoms with Gasteiger partial charge in [-0.2, -0.15) is 9.37 Å².